The lowest BCUT2D eigenvalue weighted by atomic mass is 9.86. The first-order valence-corrected chi connectivity index (χ1v) is 8.77. The zero-order valence-corrected chi connectivity index (χ0v) is 14.4. The summed E-state index contributed by atoms with van der Waals surface area (Å²) in [5, 5.41) is 10.3. The van der Waals surface area contributed by atoms with Crippen molar-refractivity contribution in [3.63, 3.8) is 0 Å². The van der Waals surface area contributed by atoms with Crippen molar-refractivity contribution in [1.29, 1.82) is 0 Å². The van der Waals surface area contributed by atoms with Crippen LogP contribution in [0.3, 0.4) is 0 Å². The van der Waals surface area contributed by atoms with E-state index in [1.165, 1.54) is 6.33 Å². The monoisotopic (exact) mass is 334 g/mol. The van der Waals surface area contributed by atoms with E-state index in [9.17, 15) is 9.59 Å². The molecule has 2 saturated heterocycles. The average molecular weight is 334 g/mol. The Labute approximate surface area is 142 Å². The van der Waals surface area contributed by atoms with E-state index in [4.69, 9.17) is 0 Å². The fraction of sp³-hybridized carbons (Fsp3) is 0.750. The molecule has 0 aromatic carbocycles. The molecule has 24 heavy (non-hydrogen) atoms. The van der Waals surface area contributed by atoms with Gasteiger partial charge in [-0.05, 0) is 32.6 Å². The van der Waals surface area contributed by atoms with Gasteiger partial charge in [-0.25, -0.2) is 14.5 Å². The summed E-state index contributed by atoms with van der Waals surface area (Å²) in [6, 6.07) is -0.263. The number of rotatable bonds is 4. The van der Waals surface area contributed by atoms with Crippen LogP contribution in [0, 0.1) is 0 Å². The van der Waals surface area contributed by atoms with Gasteiger partial charge in [0.05, 0.1) is 6.04 Å². The molecular formula is C16H26N6O2. The van der Waals surface area contributed by atoms with Gasteiger partial charge in [0.2, 0.25) is 5.91 Å². The van der Waals surface area contributed by atoms with E-state index in [2.05, 4.69) is 27.6 Å². The summed E-state index contributed by atoms with van der Waals surface area (Å²) in [4.78, 5) is 30.1. The number of likely N-dealkylation sites (tertiary alicyclic amines) is 1. The van der Waals surface area contributed by atoms with Crippen LogP contribution in [0.2, 0.25) is 0 Å². The molecule has 0 unspecified atom stereocenters. The van der Waals surface area contributed by atoms with Crippen LogP contribution in [0.25, 0.3) is 0 Å². The summed E-state index contributed by atoms with van der Waals surface area (Å²) in [6.45, 7) is 6.14. The van der Waals surface area contributed by atoms with Crippen molar-refractivity contribution >= 4 is 11.9 Å². The molecule has 0 radical (unpaired) electrons. The Balaban J connectivity index is 1.54. The van der Waals surface area contributed by atoms with E-state index in [-0.39, 0.29) is 23.5 Å². The second kappa shape index (κ2) is 6.78. The van der Waals surface area contributed by atoms with Crippen LogP contribution < -0.4 is 10.6 Å². The summed E-state index contributed by atoms with van der Waals surface area (Å²) in [5.74, 6) is 0.915. The molecule has 8 nitrogen and oxygen atoms in total. The predicted octanol–water partition coefficient (Wildman–Crippen LogP) is 1.20. The fourth-order valence-corrected chi connectivity index (χ4v) is 3.62. The van der Waals surface area contributed by atoms with E-state index < -0.39 is 0 Å². The standard InChI is InChI=1S/C16H26N6O2/c1-3-8-22-14(17-11-18-22)12(2)19-15(24)21-9-6-16(7-10-21)5-4-13(23)20-16/h11-12H,3-10H2,1-2H3,(H,19,24)(H,20,23)/t12-/m1/s1. The molecule has 8 heteroatoms. The van der Waals surface area contributed by atoms with Gasteiger partial charge in [-0.1, -0.05) is 6.92 Å². The molecule has 2 aliphatic heterocycles. The molecule has 1 spiro atoms. The number of nitrogens with one attached hydrogen (secondary N) is 2. The SMILES string of the molecule is CCCn1ncnc1[C@@H](C)NC(=O)N1CCC2(CCC(=O)N2)CC1. The van der Waals surface area contributed by atoms with Crippen molar-refractivity contribution in [2.24, 2.45) is 0 Å². The van der Waals surface area contributed by atoms with Crippen molar-refractivity contribution in [2.75, 3.05) is 13.1 Å². The molecule has 2 N–H and O–H groups in total. The third-order valence-electron chi connectivity index (χ3n) is 5.05. The molecule has 2 aliphatic rings. The molecule has 132 valence electrons. The van der Waals surface area contributed by atoms with Crippen molar-refractivity contribution in [3.8, 4) is 0 Å². The van der Waals surface area contributed by atoms with Gasteiger partial charge >= 0.3 is 6.03 Å². The predicted molar refractivity (Wildman–Crippen MR) is 88.2 cm³/mol. The lowest BCUT2D eigenvalue weighted by Crippen LogP contribution is -2.54. The van der Waals surface area contributed by atoms with Gasteiger partial charge in [0.15, 0.2) is 0 Å². The Bertz CT molecular complexity index is 605. The molecule has 3 rings (SSSR count). The smallest absolute Gasteiger partial charge is 0.317 e. The van der Waals surface area contributed by atoms with Gasteiger partial charge in [-0.3, -0.25) is 4.79 Å². The highest BCUT2D eigenvalue weighted by molar-refractivity contribution is 5.79. The maximum Gasteiger partial charge on any atom is 0.317 e. The van der Waals surface area contributed by atoms with E-state index >= 15 is 0 Å². The maximum absolute atomic E-state index is 12.5. The third-order valence-corrected chi connectivity index (χ3v) is 5.05. The van der Waals surface area contributed by atoms with Gasteiger partial charge in [-0.2, -0.15) is 5.10 Å². The lowest BCUT2D eigenvalue weighted by molar-refractivity contribution is -0.120. The number of aromatic nitrogens is 3. The molecule has 1 aromatic heterocycles. The summed E-state index contributed by atoms with van der Waals surface area (Å²) < 4.78 is 1.84. The Hall–Kier alpha value is -2.12. The molecule has 3 heterocycles. The summed E-state index contributed by atoms with van der Waals surface area (Å²) in [7, 11) is 0. The molecule has 0 bridgehead atoms. The Kier molecular flexibility index (Phi) is 4.73. The van der Waals surface area contributed by atoms with E-state index in [1.54, 1.807) is 0 Å². The first kappa shape index (κ1) is 16.7. The number of carbonyl (C=O) groups excluding carboxylic acids is 2. The van der Waals surface area contributed by atoms with Crippen LogP contribution in [0.5, 0.6) is 0 Å². The third kappa shape index (κ3) is 3.37. The van der Waals surface area contributed by atoms with Crippen molar-refractivity contribution in [3.05, 3.63) is 12.2 Å². The van der Waals surface area contributed by atoms with Crippen molar-refractivity contribution < 1.29 is 9.59 Å². The highest BCUT2D eigenvalue weighted by atomic mass is 16.2. The first-order valence-electron chi connectivity index (χ1n) is 8.77. The minimum Gasteiger partial charge on any atom is -0.351 e. The van der Waals surface area contributed by atoms with Crippen LogP contribution in [-0.4, -0.2) is 50.2 Å². The number of aryl methyl sites for hydroxylation is 1. The summed E-state index contributed by atoms with van der Waals surface area (Å²) in [6.07, 6.45) is 5.64. The quantitative estimate of drug-likeness (QED) is 0.865. The van der Waals surface area contributed by atoms with Crippen LogP contribution in [0.15, 0.2) is 6.33 Å². The molecule has 3 amide bonds. The summed E-state index contributed by atoms with van der Waals surface area (Å²) >= 11 is 0. The topological polar surface area (TPSA) is 92.2 Å². The Morgan fingerprint density at radius 2 is 2.17 bits per heavy atom. The highest BCUT2D eigenvalue weighted by Gasteiger charge is 2.41. The first-order chi connectivity index (χ1) is 11.5. The molecule has 0 saturated carbocycles. The molecule has 1 atom stereocenters. The second-order valence-corrected chi connectivity index (χ2v) is 6.83. The van der Waals surface area contributed by atoms with Crippen LogP contribution >= 0.6 is 0 Å². The Morgan fingerprint density at radius 1 is 1.42 bits per heavy atom. The highest BCUT2D eigenvalue weighted by Crippen LogP contribution is 2.31. The van der Waals surface area contributed by atoms with Gasteiger partial charge in [0, 0.05) is 31.6 Å². The van der Waals surface area contributed by atoms with Crippen LogP contribution in [0.4, 0.5) is 4.79 Å². The normalized spacial score (nSPS) is 20.9. The van der Waals surface area contributed by atoms with Gasteiger partial charge in [0.1, 0.15) is 12.2 Å². The number of hydrogen-bond donors (Lipinski definition) is 2. The number of amides is 3. The Morgan fingerprint density at radius 3 is 2.79 bits per heavy atom. The zero-order chi connectivity index (χ0) is 17.2. The lowest BCUT2D eigenvalue weighted by Gasteiger charge is -2.39. The van der Waals surface area contributed by atoms with E-state index in [1.807, 2.05) is 16.5 Å². The molecule has 1 aromatic rings. The van der Waals surface area contributed by atoms with Gasteiger partial charge in [-0.15, -0.1) is 0 Å². The van der Waals surface area contributed by atoms with Gasteiger partial charge in [0.25, 0.3) is 0 Å². The number of carbonyl (C=O) groups is 2. The van der Waals surface area contributed by atoms with Crippen molar-refractivity contribution in [1.82, 2.24) is 30.3 Å². The minimum absolute atomic E-state index is 0.0762. The van der Waals surface area contributed by atoms with Crippen molar-refractivity contribution in [2.45, 2.75) is 64.1 Å². The second-order valence-electron chi connectivity index (χ2n) is 6.83. The van der Waals surface area contributed by atoms with E-state index in [0.717, 1.165) is 38.1 Å². The molecular weight excluding hydrogens is 308 g/mol. The number of urea groups is 1. The zero-order valence-electron chi connectivity index (χ0n) is 14.4. The molecule has 0 aliphatic carbocycles. The average Bonchev–Trinajstić information content (AvgIpc) is 3.16. The maximum atomic E-state index is 12.5. The van der Waals surface area contributed by atoms with Crippen LogP contribution in [-0.2, 0) is 11.3 Å². The fourth-order valence-electron chi connectivity index (χ4n) is 3.62. The van der Waals surface area contributed by atoms with Gasteiger partial charge < -0.3 is 15.5 Å². The summed E-state index contributed by atoms with van der Waals surface area (Å²) in [5.41, 5.74) is -0.0826. The molecule has 2 fully saturated rings. The minimum atomic E-state index is -0.186. The van der Waals surface area contributed by atoms with Crippen LogP contribution in [0.1, 0.15) is 57.8 Å². The largest absolute Gasteiger partial charge is 0.351 e. The van der Waals surface area contributed by atoms with E-state index in [0.29, 0.717) is 19.5 Å². The number of hydrogen-bond acceptors (Lipinski definition) is 4. The number of piperidine rings is 1. The number of nitrogens with zero attached hydrogens (tertiary/aromatic N) is 4.